The van der Waals surface area contributed by atoms with Crippen molar-refractivity contribution in [2.24, 2.45) is 5.10 Å². The SMILES string of the molecule is Cc1cc(/C=N/NC(=O)CSc2nc3ccccc3s2)c(C)n1-c1ccc(C(=O)O)cc1. The fourth-order valence-corrected chi connectivity index (χ4v) is 5.18. The smallest absolute Gasteiger partial charge is 0.335 e. The minimum atomic E-state index is -0.956. The summed E-state index contributed by atoms with van der Waals surface area (Å²) in [5.74, 6) is -0.933. The van der Waals surface area contributed by atoms with Crippen LogP contribution < -0.4 is 5.43 Å². The second kappa shape index (κ2) is 9.37. The van der Waals surface area contributed by atoms with Gasteiger partial charge in [0.25, 0.3) is 5.91 Å². The molecule has 0 aliphatic carbocycles. The number of rotatable bonds is 7. The Kier molecular flexibility index (Phi) is 6.38. The van der Waals surface area contributed by atoms with Crippen molar-refractivity contribution in [3.63, 3.8) is 0 Å². The number of amides is 1. The van der Waals surface area contributed by atoms with Gasteiger partial charge in [0.1, 0.15) is 0 Å². The summed E-state index contributed by atoms with van der Waals surface area (Å²) in [5, 5.41) is 13.2. The van der Waals surface area contributed by atoms with E-state index in [-0.39, 0.29) is 17.2 Å². The van der Waals surface area contributed by atoms with E-state index >= 15 is 0 Å². The van der Waals surface area contributed by atoms with Gasteiger partial charge in [0, 0.05) is 22.6 Å². The van der Waals surface area contributed by atoms with Crippen LogP contribution in [0.1, 0.15) is 27.3 Å². The highest BCUT2D eigenvalue weighted by Crippen LogP contribution is 2.29. The van der Waals surface area contributed by atoms with Crippen LogP contribution in [0.25, 0.3) is 15.9 Å². The van der Waals surface area contributed by atoms with Crippen molar-refractivity contribution in [2.45, 2.75) is 18.2 Å². The van der Waals surface area contributed by atoms with E-state index in [9.17, 15) is 9.59 Å². The monoisotopic (exact) mass is 464 g/mol. The second-order valence-corrected chi connectivity index (χ2v) is 9.30. The summed E-state index contributed by atoms with van der Waals surface area (Å²) in [5.41, 5.74) is 7.38. The number of para-hydroxylation sites is 1. The second-order valence-electron chi connectivity index (χ2n) is 7.04. The summed E-state index contributed by atoms with van der Waals surface area (Å²) in [4.78, 5) is 27.7. The molecule has 2 aromatic heterocycles. The van der Waals surface area contributed by atoms with E-state index in [2.05, 4.69) is 15.5 Å². The first-order chi connectivity index (χ1) is 15.4. The van der Waals surface area contributed by atoms with Crippen LogP contribution in [-0.2, 0) is 4.79 Å². The van der Waals surface area contributed by atoms with Crippen molar-refractivity contribution in [1.29, 1.82) is 0 Å². The fourth-order valence-electron chi connectivity index (χ4n) is 3.31. The third-order valence-corrected chi connectivity index (χ3v) is 7.02. The van der Waals surface area contributed by atoms with Gasteiger partial charge >= 0.3 is 5.97 Å². The highest BCUT2D eigenvalue weighted by atomic mass is 32.2. The number of carbonyl (C=O) groups excluding carboxylic acids is 1. The number of thiazole rings is 1. The lowest BCUT2D eigenvalue weighted by atomic mass is 10.2. The maximum absolute atomic E-state index is 12.2. The van der Waals surface area contributed by atoms with Crippen molar-refractivity contribution in [3.8, 4) is 5.69 Å². The van der Waals surface area contributed by atoms with E-state index in [1.54, 1.807) is 41.8 Å². The van der Waals surface area contributed by atoms with E-state index < -0.39 is 5.97 Å². The molecule has 0 radical (unpaired) electrons. The zero-order chi connectivity index (χ0) is 22.7. The lowest BCUT2D eigenvalue weighted by Gasteiger charge is -2.09. The van der Waals surface area contributed by atoms with Crippen molar-refractivity contribution in [2.75, 3.05) is 5.75 Å². The van der Waals surface area contributed by atoms with Crippen molar-refractivity contribution in [1.82, 2.24) is 15.0 Å². The molecule has 4 aromatic rings. The maximum Gasteiger partial charge on any atom is 0.335 e. The van der Waals surface area contributed by atoms with Crippen LogP contribution in [0, 0.1) is 13.8 Å². The van der Waals surface area contributed by atoms with Gasteiger partial charge in [-0.15, -0.1) is 11.3 Å². The molecular formula is C23H20N4O3S2. The topological polar surface area (TPSA) is 96.6 Å². The molecule has 0 unspecified atom stereocenters. The molecule has 0 fully saturated rings. The lowest BCUT2D eigenvalue weighted by molar-refractivity contribution is -0.118. The maximum atomic E-state index is 12.2. The number of carboxylic acid groups (broad SMARTS) is 1. The number of nitrogens with one attached hydrogen (secondary N) is 1. The molecule has 0 aliphatic rings. The van der Waals surface area contributed by atoms with Crippen LogP contribution in [0.2, 0.25) is 0 Å². The molecule has 2 aromatic carbocycles. The number of carbonyl (C=O) groups is 2. The number of benzene rings is 2. The molecule has 0 saturated carbocycles. The largest absolute Gasteiger partial charge is 0.478 e. The average Bonchev–Trinajstić information content (AvgIpc) is 3.32. The molecule has 0 aliphatic heterocycles. The lowest BCUT2D eigenvalue weighted by Crippen LogP contribution is -2.19. The normalized spacial score (nSPS) is 11.3. The number of aryl methyl sites for hydroxylation is 1. The number of carboxylic acids is 1. The number of hydrazone groups is 1. The third kappa shape index (κ3) is 4.74. The molecule has 0 spiro atoms. The molecule has 0 atom stereocenters. The first-order valence-corrected chi connectivity index (χ1v) is 11.6. The van der Waals surface area contributed by atoms with Crippen LogP contribution in [-0.4, -0.2) is 38.5 Å². The third-order valence-electron chi connectivity index (χ3n) is 4.84. The summed E-state index contributed by atoms with van der Waals surface area (Å²) < 4.78 is 3.96. The van der Waals surface area contributed by atoms with E-state index in [0.717, 1.165) is 37.2 Å². The highest BCUT2D eigenvalue weighted by molar-refractivity contribution is 8.01. The van der Waals surface area contributed by atoms with Gasteiger partial charge in [-0.3, -0.25) is 4.79 Å². The predicted molar refractivity (Wildman–Crippen MR) is 128 cm³/mol. The van der Waals surface area contributed by atoms with Crippen LogP contribution in [0.3, 0.4) is 0 Å². The Morgan fingerprint density at radius 2 is 1.94 bits per heavy atom. The summed E-state index contributed by atoms with van der Waals surface area (Å²) >= 11 is 2.95. The van der Waals surface area contributed by atoms with E-state index in [1.165, 1.54) is 11.8 Å². The summed E-state index contributed by atoms with van der Waals surface area (Å²) in [6.07, 6.45) is 1.62. The zero-order valence-corrected chi connectivity index (χ0v) is 19.0. The van der Waals surface area contributed by atoms with Crippen LogP contribution in [0.5, 0.6) is 0 Å². The molecule has 0 bridgehead atoms. The first kappa shape index (κ1) is 21.8. The number of aromatic carboxylic acids is 1. The summed E-state index contributed by atoms with van der Waals surface area (Å²) in [6, 6.07) is 16.5. The molecule has 7 nitrogen and oxygen atoms in total. The Hall–Kier alpha value is -3.43. The van der Waals surface area contributed by atoms with Crippen LogP contribution in [0.4, 0.5) is 0 Å². The van der Waals surface area contributed by atoms with Crippen molar-refractivity contribution < 1.29 is 14.7 Å². The van der Waals surface area contributed by atoms with Crippen LogP contribution >= 0.6 is 23.1 Å². The Bertz CT molecular complexity index is 1290. The zero-order valence-electron chi connectivity index (χ0n) is 17.4. The Morgan fingerprint density at radius 3 is 2.66 bits per heavy atom. The summed E-state index contributed by atoms with van der Waals surface area (Å²) in [7, 11) is 0. The number of thioether (sulfide) groups is 1. The molecule has 2 heterocycles. The standard InChI is InChI=1S/C23H20N4O3S2/c1-14-11-17(15(2)27(14)18-9-7-16(8-10-18)22(29)30)12-24-26-21(28)13-31-23-25-19-5-3-4-6-20(19)32-23/h3-12H,13H2,1-2H3,(H,26,28)(H,29,30)/b24-12+. The van der Waals surface area contributed by atoms with Gasteiger partial charge in [-0.25, -0.2) is 15.2 Å². The van der Waals surface area contributed by atoms with Gasteiger partial charge in [-0.1, -0.05) is 23.9 Å². The highest BCUT2D eigenvalue weighted by Gasteiger charge is 2.11. The molecule has 4 rings (SSSR count). The number of hydrogen-bond donors (Lipinski definition) is 2. The van der Waals surface area contributed by atoms with Gasteiger partial charge in [0.15, 0.2) is 4.34 Å². The Balaban J connectivity index is 1.38. The molecule has 32 heavy (non-hydrogen) atoms. The number of hydrogen-bond acceptors (Lipinski definition) is 6. The minimum Gasteiger partial charge on any atom is -0.478 e. The molecule has 162 valence electrons. The predicted octanol–water partition coefficient (Wildman–Crippen LogP) is 4.64. The number of nitrogens with zero attached hydrogens (tertiary/aromatic N) is 3. The van der Waals surface area contributed by atoms with Crippen LogP contribution in [0.15, 0.2) is 64.0 Å². The molecule has 2 N–H and O–H groups in total. The van der Waals surface area contributed by atoms with Gasteiger partial charge < -0.3 is 9.67 Å². The molecule has 1 amide bonds. The van der Waals surface area contributed by atoms with E-state index in [4.69, 9.17) is 5.11 Å². The van der Waals surface area contributed by atoms with Gasteiger partial charge in [0.05, 0.1) is 27.7 Å². The Morgan fingerprint density at radius 1 is 1.19 bits per heavy atom. The van der Waals surface area contributed by atoms with E-state index in [1.807, 2.05) is 48.7 Å². The minimum absolute atomic E-state index is 0.205. The Labute approximate surface area is 192 Å². The van der Waals surface area contributed by atoms with Crippen molar-refractivity contribution in [3.05, 3.63) is 77.1 Å². The molecule has 0 saturated heterocycles. The van der Waals surface area contributed by atoms with Gasteiger partial charge in [-0.05, 0) is 56.3 Å². The fraction of sp³-hybridized carbons (Fsp3) is 0.130. The number of fused-ring (bicyclic) bond motifs is 1. The van der Waals surface area contributed by atoms with E-state index in [0.29, 0.717) is 0 Å². The quantitative estimate of drug-likeness (QED) is 0.236. The molecule has 9 heteroatoms. The van der Waals surface area contributed by atoms with Crippen molar-refractivity contribution >= 4 is 51.4 Å². The summed E-state index contributed by atoms with van der Waals surface area (Å²) in [6.45, 7) is 3.91. The van der Waals surface area contributed by atoms with Gasteiger partial charge in [-0.2, -0.15) is 5.10 Å². The number of aromatic nitrogens is 2. The average molecular weight is 465 g/mol. The first-order valence-electron chi connectivity index (χ1n) is 9.75. The van der Waals surface area contributed by atoms with Gasteiger partial charge in [0.2, 0.25) is 0 Å². The molecular weight excluding hydrogens is 444 g/mol.